The van der Waals surface area contributed by atoms with Crippen LogP contribution in [0.4, 0.5) is 4.39 Å². The molecule has 0 bridgehead atoms. The first-order valence-electron chi connectivity index (χ1n) is 9.77. The van der Waals surface area contributed by atoms with E-state index in [-0.39, 0.29) is 17.3 Å². The van der Waals surface area contributed by atoms with Crippen LogP contribution in [0.15, 0.2) is 58.5 Å². The van der Waals surface area contributed by atoms with Gasteiger partial charge in [-0.2, -0.15) is 0 Å². The topological polar surface area (TPSA) is 67.2 Å². The third-order valence-electron chi connectivity index (χ3n) is 4.49. The van der Waals surface area contributed by atoms with Crippen LogP contribution >= 0.6 is 11.8 Å². The van der Waals surface area contributed by atoms with Gasteiger partial charge in [-0.05, 0) is 56.9 Å². The molecule has 3 rings (SSSR count). The number of rotatable bonds is 9. The fraction of sp³-hybridized carbons (Fsp3) is 0.318. The van der Waals surface area contributed by atoms with Gasteiger partial charge in [0.1, 0.15) is 5.82 Å². The molecule has 3 aromatic rings. The molecule has 0 aliphatic heterocycles. The van der Waals surface area contributed by atoms with E-state index in [4.69, 9.17) is 0 Å². The number of aromatic nitrogens is 2. The first kappa shape index (κ1) is 22.0. The van der Waals surface area contributed by atoms with Crippen molar-refractivity contribution in [2.24, 2.45) is 0 Å². The molecule has 2 aromatic carbocycles. The van der Waals surface area contributed by atoms with Crippen LogP contribution in [0, 0.1) is 5.82 Å². The van der Waals surface area contributed by atoms with Crippen molar-refractivity contribution in [2.45, 2.75) is 18.0 Å². The number of fused-ring (bicyclic) bond motifs is 1. The van der Waals surface area contributed by atoms with Crippen molar-refractivity contribution in [1.29, 1.82) is 0 Å². The average molecular weight is 429 g/mol. The second kappa shape index (κ2) is 10.4. The minimum Gasteiger partial charge on any atom is -0.355 e. The van der Waals surface area contributed by atoms with Gasteiger partial charge in [-0.15, -0.1) is 0 Å². The second-order valence-electron chi connectivity index (χ2n) is 7.13. The minimum absolute atomic E-state index is 0.0137. The van der Waals surface area contributed by atoms with Crippen molar-refractivity contribution in [1.82, 2.24) is 19.8 Å². The molecule has 8 heteroatoms. The number of thioether (sulfide) groups is 1. The van der Waals surface area contributed by atoms with Gasteiger partial charge in [-0.1, -0.05) is 23.9 Å². The van der Waals surface area contributed by atoms with Gasteiger partial charge < -0.3 is 10.2 Å². The molecule has 0 aliphatic rings. The summed E-state index contributed by atoms with van der Waals surface area (Å²) in [6.07, 6.45) is 1.07. The zero-order chi connectivity index (χ0) is 21.5. The molecule has 0 atom stereocenters. The lowest BCUT2D eigenvalue weighted by Gasteiger charge is -2.13. The van der Waals surface area contributed by atoms with Crippen LogP contribution in [-0.2, 0) is 4.79 Å². The number of benzene rings is 2. The summed E-state index contributed by atoms with van der Waals surface area (Å²) in [6.45, 7) is 1.42. The summed E-state index contributed by atoms with van der Waals surface area (Å²) in [6, 6.07) is 12.9. The Bertz CT molecular complexity index is 1070. The SMILES string of the molecule is CN(C)CCNC(=O)CCCSc1nc2ccccc2c(=O)n1-c1ccc(F)cc1. The molecule has 0 aliphatic carbocycles. The normalized spacial score (nSPS) is 11.2. The molecular formula is C22H25FN4O2S. The Morgan fingerprint density at radius 3 is 2.63 bits per heavy atom. The van der Waals surface area contributed by atoms with Crippen molar-refractivity contribution in [3.63, 3.8) is 0 Å². The number of carbonyl (C=O) groups excluding carboxylic acids is 1. The van der Waals surface area contributed by atoms with Gasteiger partial charge >= 0.3 is 0 Å². The highest BCUT2D eigenvalue weighted by Crippen LogP contribution is 2.22. The summed E-state index contributed by atoms with van der Waals surface area (Å²) in [5.41, 5.74) is 0.976. The lowest BCUT2D eigenvalue weighted by atomic mass is 10.2. The molecule has 1 amide bonds. The van der Waals surface area contributed by atoms with E-state index >= 15 is 0 Å². The largest absolute Gasteiger partial charge is 0.355 e. The quantitative estimate of drug-likeness (QED) is 0.322. The van der Waals surface area contributed by atoms with E-state index in [9.17, 15) is 14.0 Å². The summed E-state index contributed by atoms with van der Waals surface area (Å²) in [5.74, 6) is 0.280. The maximum atomic E-state index is 13.4. The van der Waals surface area contributed by atoms with Gasteiger partial charge in [0, 0.05) is 25.3 Å². The summed E-state index contributed by atoms with van der Waals surface area (Å²) in [7, 11) is 3.92. The molecule has 6 nitrogen and oxygen atoms in total. The zero-order valence-corrected chi connectivity index (χ0v) is 17.9. The van der Waals surface area contributed by atoms with E-state index in [1.54, 1.807) is 30.3 Å². The third kappa shape index (κ3) is 5.67. The molecular weight excluding hydrogens is 403 g/mol. The fourth-order valence-electron chi connectivity index (χ4n) is 2.93. The summed E-state index contributed by atoms with van der Waals surface area (Å²) in [5, 5.41) is 3.92. The van der Waals surface area contributed by atoms with E-state index in [0.717, 1.165) is 6.54 Å². The number of likely N-dealkylation sites (N-methyl/N-ethyl adjacent to an activating group) is 1. The maximum Gasteiger partial charge on any atom is 0.266 e. The molecule has 0 fully saturated rings. The fourth-order valence-corrected chi connectivity index (χ4v) is 3.88. The first-order valence-corrected chi connectivity index (χ1v) is 10.8. The maximum absolute atomic E-state index is 13.4. The minimum atomic E-state index is -0.366. The molecule has 0 saturated heterocycles. The third-order valence-corrected chi connectivity index (χ3v) is 5.52. The molecule has 158 valence electrons. The Hall–Kier alpha value is -2.71. The van der Waals surface area contributed by atoms with Crippen LogP contribution in [0.5, 0.6) is 0 Å². The van der Waals surface area contributed by atoms with Crippen molar-refractivity contribution in [3.8, 4) is 5.69 Å². The Morgan fingerprint density at radius 1 is 1.17 bits per heavy atom. The molecule has 1 N–H and O–H groups in total. The number of para-hydroxylation sites is 1. The van der Waals surface area contributed by atoms with E-state index in [1.165, 1.54) is 28.5 Å². The molecule has 1 aromatic heterocycles. The predicted octanol–water partition coefficient (Wildman–Crippen LogP) is 3.07. The van der Waals surface area contributed by atoms with E-state index < -0.39 is 0 Å². The number of hydrogen-bond acceptors (Lipinski definition) is 5. The summed E-state index contributed by atoms with van der Waals surface area (Å²) < 4.78 is 14.9. The van der Waals surface area contributed by atoms with Gasteiger partial charge in [-0.25, -0.2) is 9.37 Å². The van der Waals surface area contributed by atoms with Crippen molar-refractivity contribution >= 4 is 28.6 Å². The van der Waals surface area contributed by atoms with Crippen molar-refractivity contribution in [2.75, 3.05) is 32.9 Å². The van der Waals surface area contributed by atoms with Crippen LogP contribution in [-0.4, -0.2) is 53.3 Å². The van der Waals surface area contributed by atoms with Crippen LogP contribution in [0.2, 0.25) is 0 Å². The lowest BCUT2D eigenvalue weighted by molar-refractivity contribution is -0.121. The lowest BCUT2D eigenvalue weighted by Crippen LogP contribution is -2.31. The molecule has 30 heavy (non-hydrogen) atoms. The summed E-state index contributed by atoms with van der Waals surface area (Å²) in [4.78, 5) is 31.7. The number of amides is 1. The highest BCUT2D eigenvalue weighted by Gasteiger charge is 2.13. The molecule has 0 spiro atoms. The highest BCUT2D eigenvalue weighted by molar-refractivity contribution is 7.99. The smallest absolute Gasteiger partial charge is 0.266 e. The number of halogens is 1. The van der Waals surface area contributed by atoms with Crippen molar-refractivity contribution < 1.29 is 9.18 Å². The number of hydrogen-bond donors (Lipinski definition) is 1. The Balaban J connectivity index is 1.74. The van der Waals surface area contributed by atoms with E-state index in [0.29, 0.717) is 46.9 Å². The average Bonchev–Trinajstić information content (AvgIpc) is 2.72. The second-order valence-corrected chi connectivity index (χ2v) is 8.20. The van der Waals surface area contributed by atoms with Crippen LogP contribution in [0.25, 0.3) is 16.6 Å². The van der Waals surface area contributed by atoms with E-state index in [2.05, 4.69) is 10.3 Å². The highest BCUT2D eigenvalue weighted by atomic mass is 32.2. The summed E-state index contributed by atoms with van der Waals surface area (Å²) >= 11 is 1.42. The van der Waals surface area contributed by atoms with Gasteiger partial charge in [0.15, 0.2) is 5.16 Å². The molecule has 0 unspecified atom stereocenters. The van der Waals surface area contributed by atoms with E-state index in [1.807, 2.05) is 25.1 Å². The number of nitrogens with zero attached hydrogens (tertiary/aromatic N) is 3. The van der Waals surface area contributed by atoms with Gasteiger partial charge in [0.05, 0.1) is 16.6 Å². The Morgan fingerprint density at radius 2 is 1.90 bits per heavy atom. The molecule has 0 radical (unpaired) electrons. The molecule has 1 heterocycles. The van der Waals surface area contributed by atoms with Crippen LogP contribution in [0.1, 0.15) is 12.8 Å². The number of nitrogens with one attached hydrogen (secondary N) is 1. The van der Waals surface area contributed by atoms with Crippen molar-refractivity contribution in [3.05, 3.63) is 64.7 Å². The standard InChI is InChI=1S/C22H25FN4O2S/c1-26(2)14-13-24-20(28)8-5-15-30-22-25-19-7-4-3-6-18(19)21(29)27(22)17-11-9-16(23)10-12-17/h3-4,6-7,9-12H,5,8,13-15H2,1-2H3,(H,24,28). The Labute approximate surface area is 179 Å². The molecule has 0 saturated carbocycles. The van der Waals surface area contributed by atoms with Gasteiger partial charge in [-0.3, -0.25) is 14.2 Å². The zero-order valence-electron chi connectivity index (χ0n) is 17.1. The van der Waals surface area contributed by atoms with Gasteiger partial charge in [0.2, 0.25) is 5.91 Å². The van der Waals surface area contributed by atoms with Gasteiger partial charge in [0.25, 0.3) is 5.56 Å². The van der Waals surface area contributed by atoms with Crippen LogP contribution < -0.4 is 10.9 Å². The van der Waals surface area contributed by atoms with Crippen LogP contribution in [0.3, 0.4) is 0 Å². The Kier molecular flexibility index (Phi) is 7.59. The number of carbonyl (C=O) groups is 1. The first-order chi connectivity index (χ1) is 14.5. The predicted molar refractivity (Wildman–Crippen MR) is 119 cm³/mol. The monoisotopic (exact) mass is 428 g/mol.